The zero-order valence-electron chi connectivity index (χ0n) is 16.7. The molecule has 2 aromatic carbocycles. The van der Waals surface area contributed by atoms with Crippen molar-refractivity contribution in [3.63, 3.8) is 0 Å². The molecule has 1 aliphatic heterocycles. The molecule has 1 saturated heterocycles. The number of nitrogens with one attached hydrogen (secondary N) is 2. The van der Waals surface area contributed by atoms with Gasteiger partial charge in [0, 0.05) is 43.3 Å². The molecule has 0 aliphatic carbocycles. The molecule has 6 nitrogen and oxygen atoms in total. The summed E-state index contributed by atoms with van der Waals surface area (Å²) < 4.78 is 10.7. The molecule has 1 amide bonds. The van der Waals surface area contributed by atoms with E-state index in [1.54, 1.807) is 7.11 Å². The van der Waals surface area contributed by atoms with E-state index < -0.39 is 0 Å². The molecule has 2 heterocycles. The molecule has 2 N–H and O–H groups in total. The summed E-state index contributed by atoms with van der Waals surface area (Å²) in [6, 6.07) is 14.3. The standard InChI is InChI=1S/C23H27N3O3/c1-28-20-6-7-22-21(13-20)19(15-24-22)12-23(27)25-14-17-2-4-18(5-3-17)16-26-8-10-29-11-9-26/h2-7,13,15,24H,8-12,14,16H2,1H3,(H,25,27). The monoisotopic (exact) mass is 393 g/mol. The maximum atomic E-state index is 12.4. The number of carbonyl (C=O) groups is 1. The Kier molecular flexibility index (Phi) is 6.12. The maximum Gasteiger partial charge on any atom is 0.224 e. The summed E-state index contributed by atoms with van der Waals surface area (Å²) >= 11 is 0. The van der Waals surface area contributed by atoms with Gasteiger partial charge in [-0.1, -0.05) is 24.3 Å². The molecule has 3 aromatic rings. The number of benzene rings is 2. The highest BCUT2D eigenvalue weighted by molar-refractivity contribution is 5.89. The number of methoxy groups -OCH3 is 1. The fourth-order valence-corrected chi connectivity index (χ4v) is 3.65. The molecule has 0 spiro atoms. The number of ether oxygens (including phenoxy) is 2. The van der Waals surface area contributed by atoms with Crippen molar-refractivity contribution < 1.29 is 14.3 Å². The van der Waals surface area contributed by atoms with Crippen molar-refractivity contribution >= 4 is 16.8 Å². The van der Waals surface area contributed by atoms with Gasteiger partial charge in [0.05, 0.1) is 26.7 Å². The molecular formula is C23H27N3O3. The lowest BCUT2D eigenvalue weighted by Gasteiger charge is -2.26. The Morgan fingerprint density at radius 2 is 1.90 bits per heavy atom. The van der Waals surface area contributed by atoms with E-state index in [4.69, 9.17) is 9.47 Å². The summed E-state index contributed by atoms with van der Waals surface area (Å²) in [5.74, 6) is 0.794. The molecule has 0 bridgehead atoms. The third kappa shape index (κ3) is 4.96. The predicted molar refractivity (Wildman–Crippen MR) is 113 cm³/mol. The van der Waals surface area contributed by atoms with Gasteiger partial charge in [-0.3, -0.25) is 9.69 Å². The molecular weight excluding hydrogens is 366 g/mol. The third-order valence-electron chi connectivity index (χ3n) is 5.35. The van der Waals surface area contributed by atoms with E-state index in [1.807, 2.05) is 24.4 Å². The SMILES string of the molecule is COc1ccc2[nH]cc(CC(=O)NCc3ccc(CN4CCOCC4)cc3)c2c1. The number of aromatic amines is 1. The van der Waals surface area contributed by atoms with Crippen LogP contribution < -0.4 is 10.1 Å². The van der Waals surface area contributed by atoms with Gasteiger partial charge < -0.3 is 19.8 Å². The van der Waals surface area contributed by atoms with E-state index in [0.29, 0.717) is 13.0 Å². The van der Waals surface area contributed by atoms with Gasteiger partial charge >= 0.3 is 0 Å². The lowest BCUT2D eigenvalue weighted by molar-refractivity contribution is -0.120. The molecule has 29 heavy (non-hydrogen) atoms. The van der Waals surface area contributed by atoms with Crippen LogP contribution >= 0.6 is 0 Å². The summed E-state index contributed by atoms with van der Waals surface area (Å²) in [7, 11) is 1.65. The number of fused-ring (bicyclic) bond motifs is 1. The van der Waals surface area contributed by atoms with E-state index in [-0.39, 0.29) is 5.91 Å². The molecule has 152 valence electrons. The summed E-state index contributed by atoms with van der Waals surface area (Å²) in [5.41, 5.74) is 4.36. The van der Waals surface area contributed by atoms with Crippen molar-refractivity contribution in [2.24, 2.45) is 0 Å². The van der Waals surface area contributed by atoms with Crippen LogP contribution in [0.3, 0.4) is 0 Å². The average Bonchev–Trinajstić information content (AvgIpc) is 3.16. The minimum absolute atomic E-state index is 0.00566. The number of carbonyl (C=O) groups excluding carboxylic acids is 1. The maximum absolute atomic E-state index is 12.4. The molecule has 1 aliphatic rings. The number of amides is 1. The topological polar surface area (TPSA) is 66.6 Å². The summed E-state index contributed by atoms with van der Waals surface area (Å²) in [6.45, 7) is 5.07. The third-order valence-corrected chi connectivity index (χ3v) is 5.35. The van der Waals surface area contributed by atoms with Gasteiger partial charge in [0.2, 0.25) is 5.91 Å². The Balaban J connectivity index is 1.30. The van der Waals surface area contributed by atoms with Crippen LogP contribution in [0, 0.1) is 0 Å². The molecule has 0 unspecified atom stereocenters. The Morgan fingerprint density at radius 1 is 1.14 bits per heavy atom. The van der Waals surface area contributed by atoms with Crippen molar-refractivity contribution in [3.05, 3.63) is 65.4 Å². The van der Waals surface area contributed by atoms with Crippen molar-refractivity contribution in [2.45, 2.75) is 19.5 Å². The highest BCUT2D eigenvalue weighted by Gasteiger charge is 2.11. The average molecular weight is 393 g/mol. The summed E-state index contributed by atoms with van der Waals surface area (Å²) in [5, 5.41) is 4.04. The van der Waals surface area contributed by atoms with Gasteiger partial charge in [-0.2, -0.15) is 0 Å². The van der Waals surface area contributed by atoms with Gasteiger partial charge in [-0.25, -0.2) is 0 Å². The fourth-order valence-electron chi connectivity index (χ4n) is 3.65. The van der Waals surface area contributed by atoms with E-state index in [9.17, 15) is 4.79 Å². The second-order valence-electron chi connectivity index (χ2n) is 7.38. The first kappa shape index (κ1) is 19.5. The van der Waals surface area contributed by atoms with Crippen LogP contribution in [0.1, 0.15) is 16.7 Å². The Hall–Kier alpha value is -2.83. The first-order chi connectivity index (χ1) is 14.2. The lowest BCUT2D eigenvalue weighted by atomic mass is 10.1. The van der Waals surface area contributed by atoms with Crippen LogP contribution in [-0.4, -0.2) is 49.2 Å². The number of nitrogens with zero attached hydrogens (tertiary/aromatic N) is 1. The highest BCUT2D eigenvalue weighted by atomic mass is 16.5. The zero-order valence-corrected chi connectivity index (χ0v) is 16.7. The lowest BCUT2D eigenvalue weighted by Crippen LogP contribution is -2.35. The molecule has 0 saturated carbocycles. The van der Waals surface area contributed by atoms with E-state index in [1.165, 1.54) is 5.56 Å². The van der Waals surface area contributed by atoms with Crippen LogP contribution in [-0.2, 0) is 29.0 Å². The largest absolute Gasteiger partial charge is 0.497 e. The van der Waals surface area contributed by atoms with Crippen LogP contribution in [0.5, 0.6) is 5.75 Å². The minimum atomic E-state index is 0.00566. The van der Waals surface area contributed by atoms with Gasteiger partial charge in [-0.05, 0) is 34.9 Å². The first-order valence-corrected chi connectivity index (χ1v) is 10.00. The van der Waals surface area contributed by atoms with E-state index in [0.717, 1.165) is 60.6 Å². The molecule has 1 fully saturated rings. The van der Waals surface area contributed by atoms with Crippen LogP contribution in [0.15, 0.2) is 48.7 Å². The number of hydrogen-bond donors (Lipinski definition) is 2. The van der Waals surface area contributed by atoms with Gasteiger partial charge in [-0.15, -0.1) is 0 Å². The minimum Gasteiger partial charge on any atom is -0.497 e. The molecule has 0 radical (unpaired) electrons. The van der Waals surface area contributed by atoms with Crippen LogP contribution in [0.2, 0.25) is 0 Å². The smallest absolute Gasteiger partial charge is 0.224 e. The van der Waals surface area contributed by atoms with E-state index in [2.05, 4.69) is 39.5 Å². The first-order valence-electron chi connectivity index (χ1n) is 10.00. The second kappa shape index (κ2) is 9.11. The molecule has 6 heteroatoms. The van der Waals surface area contributed by atoms with Crippen molar-refractivity contribution in [1.82, 2.24) is 15.2 Å². The predicted octanol–water partition coefficient (Wildman–Crippen LogP) is 2.87. The van der Waals surface area contributed by atoms with Crippen molar-refractivity contribution in [3.8, 4) is 5.75 Å². The number of aromatic nitrogens is 1. The summed E-state index contributed by atoms with van der Waals surface area (Å²) in [4.78, 5) is 18.0. The Labute approximate surface area is 170 Å². The van der Waals surface area contributed by atoms with Crippen LogP contribution in [0.25, 0.3) is 10.9 Å². The zero-order chi connectivity index (χ0) is 20.1. The van der Waals surface area contributed by atoms with Gasteiger partial charge in [0.1, 0.15) is 5.75 Å². The quantitative estimate of drug-likeness (QED) is 0.648. The Morgan fingerprint density at radius 3 is 2.66 bits per heavy atom. The summed E-state index contributed by atoms with van der Waals surface area (Å²) in [6.07, 6.45) is 2.23. The number of rotatable bonds is 7. The molecule has 1 aromatic heterocycles. The highest BCUT2D eigenvalue weighted by Crippen LogP contribution is 2.24. The molecule has 4 rings (SSSR count). The Bertz CT molecular complexity index is 959. The normalized spacial score (nSPS) is 14.8. The van der Waals surface area contributed by atoms with Crippen molar-refractivity contribution in [2.75, 3.05) is 33.4 Å². The number of hydrogen-bond acceptors (Lipinski definition) is 4. The van der Waals surface area contributed by atoms with Gasteiger partial charge in [0.25, 0.3) is 0 Å². The van der Waals surface area contributed by atoms with E-state index >= 15 is 0 Å². The second-order valence-corrected chi connectivity index (χ2v) is 7.38. The number of morpholine rings is 1. The van der Waals surface area contributed by atoms with Gasteiger partial charge in [0.15, 0.2) is 0 Å². The number of H-pyrrole nitrogens is 1. The molecule has 0 atom stereocenters. The van der Waals surface area contributed by atoms with Crippen molar-refractivity contribution in [1.29, 1.82) is 0 Å². The van der Waals surface area contributed by atoms with Crippen LogP contribution in [0.4, 0.5) is 0 Å². The fraction of sp³-hybridized carbons (Fsp3) is 0.348.